The number of aromatic amines is 1. The first-order valence-electron chi connectivity index (χ1n) is 9.26. The summed E-state index contributed by atoms with van der Waals surface area (Å²) in [4.78, 5) is 43.8. The molecule has 1 fully saturated rings. The van der Waals surface area contributed by atoms with Gasteiger partial charge in [-0.3, -0.25) is 19.4 Å². The molecule has 148 valence electrons. The van der Waals surface area contributed by atoms with Crippen LogP contribution in [0.15, 0.2) is 60.5 Å². The Morgan fingerprint density at radius 3 is 2.66 bits per heavy atom. The molecule has 8 heteroatoms. The number of ketones is 2. The third-order valence-electron chi connectivity index (χ3n) is 5.08. The molecule has 1 aromatic carbocycles. The van der Waals surface area contributed by atoms with E-state index >= 15 is 0 Å². The predicted molar refractivity (Wildman–Crippen MR) is 109 cm³/mol. The van der Waals surface area contributed by atoms with Crippen LogP contribution in [0.2, 0.25) is 5.02 Å². The lowest BCUT2D eigenvalue weighted by atomic mass is 9.88. The van der Waals surface area contributed by atoms with E-state index in [9.17, 15) is 14.4 Å². The number of nitrogens with one attached hydrogen (secondary N) is 1. The molecule has 0 saturated carbocycles. The van der Waals surface area contributed by atoms with E-state index in [1.54, 1.807) is 41.8 Å². The Kier molecular flexibility index (Phi) is 5.60. The number of H-pyrrole nitrogens is 1. The maximum atomic E-state index is 13.1. The van der Waals surface area contributed by atoms with Gasteiger partial charge < -0.3 is 4.90 Å². The van der Waals surface area contributed by atoms with Crippen molar-refractivity contribution in [3.8, 4) is 0 Å². The van der Waals surface area contributed by atoms with Gasteiger partial charge in [-0.15, -0.1) is 11.3 Å². The van der Waals surface area contributed by atoms with E-state index in [-0.39, 0.29) is 5.78 Å². The molecule has 3 aromatic rings. The fourth-order valence-corrected chi connectivity index (χ4v) is 4.54. The Labute approximate surface area is 176 Å². The number of thiophene rings is 1. The van der Waals surface area contributed by atoms with E-state index in [0.29, 0.717) is 29.4 Å². The second-order valence-electron chi connectivity index (χ2n) is 6.88. The Hall–Kier alpha value is -2.77. The van der Waals surface area contributed by atoms with Gasteiger partial charge in [-0.05, 0) is 29.1 Å². The van der Waals surface area contributed by atoms with E-state index in [2.05, 4.69) is 4.98 Å². The molecule has 1 aliphatic rings. The van der Waals surface area contributed by atoms with Crippen LogP contribution >= 0.6 is 22.9 Å². The molecular weight excluding hydrogens is 410 g/mol. The molecule has 3 heterocycles. The van der Waals surface area contributed by atoms with Gasteiger partial charge >= 0.3 is 0 Å². The molecule has 0 radical (unpaired) electrons. The van der Waals surface area contributed by atoms with Gasteiger partial charge in [0.2, 0.25) is 12.1 Å². The van der Waals surface area contributed by atoms with Crippen molar-refractivity contribution in [1.82, 2.24) is 9.88 Å². The minimum atomic E-state index is -1.04. The molecule has 1 N–H and O–H groups in total. The molecule has 4 rings (SSSR count). The average molecular weight is 429 g/mol. The largest absolute Gasteiger partial charge is 0.328 e. The van der Waals surface area contributed by atoms with E-state index < -0.39 is 23.7 Å². The third kappa shape index (κ3) is 3.88. The summed E-state index contributed by atoms with van der Waals surface area (Å²) >= 11 is 7.29. The number of carbonyl (C=O) groups is 3. The minimum absolute atomic E-state index is 0.305. The summed E-state index contributed by atoms with van der Waals surface area (Å²) < 4.78 is 1.97. The van der Waals surface area contributed by atoms with Crippen LogP contribution in [0.4, 0.5) is 0 Å². The van der Waals surface area contributed by atoms with Crippen molar-refractivity contribution in [2.24, 2.45) is 5.92 Å². The van der Waals surface area contributed by atoms with Crippen molar-refractivity contribution in [1.29, 1.82) is 0 Å². The lowest BCUT2D eigenvalue weighted by Gasteiger charge is -2.27. The zero-order chi connectivity index (χ0) is 20.4. The number of halogens is 1. The Bertz CT molecular complexity index is 1020. The lowest BCUT2D eigenvalue weighted by Crippen LogP contribution is -2.36. The summed E-state index contributed by atoms with van der Waals surface area (Å²) in [6.07, 6.45) is 6.20. The first-order valence-corrected chi connectivity index (χ1v) is 10.5. The molecule has 1 aliphatic heterocycles. The van der Waals surface area contributed by atoms with Crippen molar-refractivity contribution in [3.63, 3.8) is 0 Å². The highest BCUT2D eigenvalue weighted by atomic mass is 35.5. The summed E-state index contributed by atoms with van der Waals surface area (Å²) in [5.41, 5.74) is 0.734. The number of benzene rings is 1. The molecule has 1 saturated heterocycles. The van der Waals surface area contributed by atoms with E-state index in [1.807, 2.05) is 23.3 Å². The van der Waals surface area contributed by atoms with Gasteiger partial charge in [-0.1, -0.05) is 29.8 Å². The van der Waals surface area contributed by atoms with Crippen molar-refractivity contribution in [3.05, 3.63) is 76.0 Å². The summed E-state index contributed by atoms with van der Waals surface area (Å²) in [7, 11) is 0. The second kappa shape index (κ2) is 8.31. The van der Waals surface area contributed by atoms with Crippen LogP contribution in [-0.2, 0) is 16.1 Å². The second-order valence-corrected chi connectivity index (χ2v) is 8.27. The molecule has 6 nitrogen and oxygen atoms in total. The highest BCUT2D eigenvalue weighted by Gasteiger charge is 2.51. The smallest absolute Gasteiger partial charge is 0.291 e. The molecule has 0 bridgehead atoms. The zero-order valence-corrected chi connectivity index (χ0v) is 17.0. The van der Waals surface area contributed by atoms with Crippen molar-refractivity contribution in [2.75, 3.05) is 6.54 Å². The summed E-state index contributed by atoms with van der Waals surface area (Å²) in [6, 6.07) is 9.81. The first kappa shape index (κ1) is 19.5. The normalized spacial score (nSPS) is 19.1. The average Bonchev–Trinajstić information content (AvgIpc) is 3.47. The number of hydrogen-bond acceptors (Lipinski definition) is 4. The molecule has 0 spiro atoms. The number of aryl methyl sites for hydroxylation is 1. The van der Waals surface area contributed by atoms with E-state index in [0.717, 1.165) is 5.56 Å². The molecule has 2 aromatic heterocycles. The molecular formula is C21H19ClN3O3S+. The number of nitrogens with zero attached hydrogens (tertiary/aromatic N) is 2. The molecule has 1 amide bonds. The third-order valence-corrected chi connectivity index (χ3v) is 6.22. The van der Waals surface area contributed by atoms with Crippen LogP contribution in [0, 0.1) is 5.92 Å². The Morgan fingerprint density at radius 1 is 1.21 bits per heavy atom. The number of amides is 1. The summed E-state index contributed by atoms with van der Waals surface area (Å²) in [5, 5.41) is 2.35. The van der Waals surface area contributed by atoms with Crippen molar-refractivity contribution in [2.45, 2.75) is 19.0 Å². The molecule has 2 atom stereocenters. The zero-order valence-electron chi connectivity index (χ0n) is 15.5. The maximum absolute atomic E-state index is 13.1. The number of aromatic nitrogens is 2. The van der Waals surface area contributed by atoms with Gasteiger partial charge in [0.15, 0.2) is 5.78 Å². The number of imidazole rings is 1. The van der Waals surface area contributed by atoms with E-state index in [1.165, 1.54) is 16.2 Å². The lowest BCUT2D eigenvalue weighted by molar-refractivity contribution is -0.695. The maximum Gasteiger partial charge on any atom is 0.291 e. The number of likely N-dealkylation sites (tertiary alicyclic amines) is 1. The number of carbonyl (C=O) groups excluding carboxylic acids is 3. The standard InChI is InChI=1S/C21H18ClN3O3S/c22-15-6-4-14(5-7-15)18-17(19(26)16-3-1-12-29-16)20(27)21(28)25(18)10-2-9-24-11-8-23-13-24/h1,3-8,11-13,17-18H,2,9-10H2/p+1. The highest BCUT2D eigenvalue weighted by molar-refractivity contribution is 7.12. The van der Waals surface area contributed by atoms with E-state index in [4.69, 9.17) is 11.6 Å². The van der Waals surface area contributed by atoms with Gasteiger partial charge in [0, 0.05) is 18.0 Å². The molecule has 0 aliphatic carbocycles. The van der Waals surface area contributed by atoms with Crippen molar-refractivity contribution < 1.29 is 19.0 Å². The van der Waals surface area contributed by atoms with Crippen LogP contribution in [0.1, 0.15) is 27.7 Å². The van der Waals surface area contributed by atoms with Crippen LogP contribution in [0.25, 0.3) is 0 Å². The van der Waals surface area contributed by atoms with Crippen molar-refractivity contribution >= 4 is 40.4 Å². The molecule has 2 unspecified atom stereocenters. The van der Waals surface area contributed by atoms with Gasteiger partial charge in [0.05, 0.1) is 17.5 Å². The van der Waals surface area contributed by atoms with Gasteiger partial charge in [0.1, 0.15) is 18.3 Å². The minimum Gasteiger partial charge on any atom is -0.328 e. The van der Waals surface area contributed by atoms with Crippen LogP contribution in [0.3, 0.4) is 0 Å². The van der Waals surface area contributed by atoms with Crippen LogP contribution < -0.4 is 4.57 Å². The quantitative estimate of drug-likeness (QED) is 0.272. The number of hydrogen-bond donors (Lipinski definition) is 1. The fraction of sp³-hybridized carbons (Fsp3) is 0.238. The van der Waals surface area contributed by atoms with Crippen LogP contribution in [0.5, 0.6) is 0 Å². The SMILES string of the molecule is O=C1C(=O)N(CCC[n+]2cc[nH]c2)C(c2ccc(Cl)cc2)C1C(=O)c1cccs1. The Morgan fingerprint density at radius 2 is 2.00 bits per heavy atom. The molecule has 29 heavy (non-hydrogen) atoms. The topological polar surface area (TPSA) is 74.1 Å². The highest BCUT2D eigenvalue weighted by Crippen LogP contribution is 2.39. The van der Waals surface area contributed by atoms with Gasteiger partial charge in [-0.25, -0.2) is 4.57 Å². The number of Topliss-reactive ketones (excluding diaryl/α,β-unsaturated/α-hetero) is 2. The first-order chi connectivity index (χ1) is 14.1. The van der Waals surface area contributed by atoms with Gasteiger partial charge in [0.25, 0.3) is 5.91 Å². The monoisotopic (exact) mass is 428 g/mol. The van der Waals surface area contributed by atoms with Crippen LogP contribution in [-0.4, -0.2) is 33.9 Å². The predicted octanol–water partition coefficient (Wildman–Crippen LogP) is 3.06. The fourth-order valence-electron chi connectivity index (χ4n) is 3.71. The number of rotatable bonds is 7. The summed E-state index contributed by atoms with van der Waals surface area (Å²) in [5.74, 6) is -2.58. The van der Waals surface area contributed by atoms with Gasteiger partial charge in [-0.2, -0.15) is 0 Å². The summed E-state index contributed by atoms with van der Waals surface area (Å²) in [6.45, 7) is 1.07. The Balaban J connectivity index is 1.64.